The molecule has 1 unspecified atom stereocenters. The molecular weight excluding hydrogens is 261 g/mol. The van der Waals surface area contributed by atoms with E-state index < -0.39 is 0 Å². The monoisotopic (exact) mass is 293 g/mol. The molecule has 20 heavy (non-hydrogen) atoms. The summed E-state index contributed by atoms with van der Waals surface area (Å²) >= 11 is 0. The van der Waals surface area contributed by atoms with Gasteiger partial charge in [-0.3, -0.25) is 4.67 Å². The molecule has 1 aromatic carbocycles. The second kappa shape index (κ2) is 12.4. The highest BCUT2D eigenvalue weighted by atomic mass is 31.1. The third-order valence-corrected chi connectivity index (χ3v) is 4.98. The maximum atomic E-state index is 2.68. The molecule has 1 rings (SSSR count). The van der Waals surface area contributed by atoms with E-state index in [1.165, 1.54) is 69.8 Å². The van der Waals surface area contributed by atoms with E-state index in [4.69, 9.17) is 0 Å². The molecule has 0 aliphatic carbocycles. The first-order valence-electron chi connectivity index (χ1n) is 8.43. The minimum atomic E-state index is 0.853. The molecule has 0 saturated heterocycles. The average molecular weight is 293 g/mol. The highest BCUT2D eigenvalue weighted by molar-refractivity contribution is 7.44. The highest BCUT2D eigenvalue weighted by Gasteiger charge is 2.05. The smallest absolute Gasteiger partial charge is 0.00215 e. The van der Waals surface area contributed by atoms with E-state index in [1.54, 1.807) is 0 Å². The summed E-state index contributed by atoms with van der Waals surface area (Å²) in [7, 11) is 0.853. The summed E-state index contributed by atoms with van der Waals surface area (Å²) in [6, 6.07) is 11.0. The Kier molecular flexibility index (Phi) is 10.9. The zero-order valence-corrected chi connectivity index (χ0v) is 14.4. The van der Waals surface area contributed by atoms with Gasteiger partial charge < -0.3 is 0 Å². The van der Waals surface area contributed by atoms with Crippen molar-refractivity contribution < 1.29 is 0 Å². The minimum Gasteiger partial charge on any atom is -0.281 e. The molecule has 0 bridgehead atoms. The first-order valence-corrected chi connectivity index (χ1v) is 9.38. The molecule has 114 valence electrons. The molecule has 0 aliphatic rings. The van der Waals surface area contributed by atoms with Crippen LogP contribution in [0.25, 0.3) is 0 Å². The average Bonchev–Trinajstić information content (AvgIpc) is 2.49. The molecule has 0 heterocycles. The molecule has 0 saturated carbocycles. The Morgan fingerprint density at radius 1 is 0.750 bits per heavy atom. The van der Waals surface area contributed by atoms with E-state index in [0.717, 1.165) is 8.73 Å². The van der Waals surface area contributed by atoms with Gasteiger partial charge in [0.25, 0.3) is 0 Å². The molecule has 0 fully saturated rings. The summed E-state index contributed by atoms with van der Waals surface area (Å²) in [6.07, 6.45) is 10.9. The summed E-state index contributed by atoms with van der Waals surface area (Å²) in [5.41, 5.74) is 0. The summed E-state index contributed by atoms with van der Waals surface area (Å²) in [5.74, 6) is 0. The lowest BCUT2D eigenvalue weighted by Gasteiger charge is -2.22. The van der Waals surface area contributed by atoms with Crippen LogP contribution in [0.1, 0.15) is 65.2 Å². The van der Waals surface area contributed by atoms with Crippen LogP contribution in [-0.2, 0) is 0 Å². The van der Waals surface area contributed by atoms with Gasteiger partial charge in [0, 0.05) is 13.1 Å². The van der Waals surface area contributed by atoms with Crippen LogP contribution >= 0.6 is 8.73 Å². The van der Waals surface area contributed by atoms with E-state index in [-0.39, 0.29) is 0 Å². The molecule has 1 atom stereocenters. The van der Waals surface area contributed by atoms with Crippen molar-refractivity contribution in [2.75, 3.05) is 13.1 Å². The summed E-state index contributed by atoms with van der Waals surface area (Å²) in [5, 5.41) is 1.48. The molecule has 0 aromatic heterocycles. The van der Waals surface area contributed by atoms with E-state index >= 15 is 0 Å². The second-order valence-corrected chi connectivity index (χ2v) is 7.02. The van der Waals surface area contributed by atoms with Gasteiger partial charge in [-0.15, -0.1) is 0 Å². The Balaban J connectivity index is 2.33. The first-order chi connectivity index (χ1) is 9.86. The molecule has 0 amide bonds. The van der Waals surface area contributed by atoms with E-state index in [9.17, 15) is 0 Å². The van der Waals surface area contributed by atoms with Crippen molar-refractivity contribution in [3.63, 3.8) is 0 Å². The molecule has 0 N–H and O–H groups in total. The van der Waals surface area contributed by atoms with Crippen LogP contribution in [0, 0.1) is 0 Å². The molecule has 0 spiro atoms. The topological polar surface area (TPSA) is 3.24 Å². The Morgan fingerprint density at radius 2 is 1.30 bits per heavy atom. The first kappa shape index (κ1) is 17.7. The Morgan fingerprint density at radius 3 is 1.80 bits per heavy atom. The number of nitrogens with zero attached hydrogens (tertiary/aromatic N) is 1. The minimum absolute atomic E-state index is 0.853. The third-order valence-electron chi connectivity index (χ3n) is 3.62. The summed E-state index contributed by atoms with van der Waals surface area (Å²) < 4.78 is 2.68. The van der Waals surface area contributed by atoms with Crippen molar-refractivity contribution in [3.8, 4) is 0 Å². The van der Waals surface area contributed by atoms with Gasteiger partial charge in [0.15, 0.2) is 0 Å². The summed E-state index contributed by atoms with van der Waals surface area (Å²) in [4.78, 5) is 0. The van der Waals surface area contributed by atoms with Crippen LogP contribution in [-0.4, -0.2) is 17.8 Å². The van der Waals surface area contributed by atoms with Gasteiger partial charge in [-0.05, 0) is 26.9 Å². The van der Waals surface area contributed by atoms with Crippen LogP contribution in [0.3, 0.4) is 0 Å². The second-order valence-electron chi connectivity index (χ2n) is 5.59. The fraction of sp³-hybridized carbons (Fsp3) is 0.667. The highest BCUT2D eigenvalue weighted by Crippen LogP contribution is 2.20. The fourth-order valence-electron chi connectivity index (χ4n) is 2.38. The number of benzene rings is 1. The van der Waals surface area contributed by atoms with Crippen molar-refractivity contribution in [3.05, 3.63) is 30.3 Å². The molecular formula is C18H32NP. The van der Waals surface area contributed by atoms with Crippen LogP contribution < -0.4 is 5.30 Å². The van der Waals surface area contributed by atoms with Gasteiger partial charge in [0.1, 0.15) is 0 Å². The molecule has 0 aliphatic heterocycles. The van der Waals surface area contributed by atoms with Crippen molar-refractivity contribution in [2.45, 2.75) is 65.2 Å². The van der Waals surface area contributed by atoms with Crippen molar-refractivity contribution in [2.24, 2.45) is 0 Å². The van der Waals surface area contributed by atoms with E-state index in [1.807, 2.05) is 0 Å². The van der Waals surface area contributed by atoms with Crippen molar-refractivity contribution in [1.82, 2.24) is 4.67 Å². The van der Waals surface area contributed by atoms with Crippen molar-refractivity contribution >= 4 is 14.0 Å². The number of rotatable bonds is 12. The van der Waals surface area contributed by atoms with Gasteiger partial charge in [0.05, 0.1) is 0 Å². The van der Waals surface area contributed by atoms with Crippen LogP contribution in [0.15, 0.2) is 30.3 Å². The van der Waals surface area contributed by atoms with Crippen LogP contribution in [0.4, 0.5) is 0 Å². The lowest BCUT2D eigenvalue weighted by molar-refractivity contribution is 0.424. The number of hydrogen-bond acceptors (Lipinski definition) is 1. The predicted octanol–water partition coefficient (Wildman–Crippen LogP) is 5.37. The zero-order chi connectivity index (χ0) is 14.5. The standard InChI is InChI=1S/C18H32NP/c1-3-5-7-12-16-19(17-13-8-6-4-2)20-18-14-10-9-11-15-18/h9-11,14-15,20H,3-8,12-13,16-17H2,1-2H3. The van der Waals surface area contributed by atoms with Crippen LogP contribution in [0.5, 0.6) is 0 Å². The molecule has 2 heteroatoms. The molecule has 1 aromatic rings. The Hall–Kier alpha value is -0.390. The van der Waals surface area contributed by atoms with E-state index in [0.29, 0.717) is 0 Å². The Labute approximate surface area is 128 Å². The SMILES string of the molecule is CCCCCCN(CCCCCC)Pc1ccccc1. The van der Waals surface area contributed by atoms with Gasteiger partial charge in [-0.1, -0.05) is 82.7 Å². The largest absolute Gasteiger partial charge is 0.281 e. The van der Waals surface area contributed by atoms with Gasteiger partial charge in [0.2, 0.25) is 0 Å². The van der Waals surface area contributed by atoms with Gasteiger partial charge in [-0.2, -0.15) is 0 Å². The quantitative estimate of drug-likeness (QED) is 0.370. The molecule has 1 nitrogen and oxygen atoms in total. The van der Waals surface area contributed by atoms with E-state index in [2.05, 4.69) is 48.8 Å². The fourth-order valence-corrected chi connectivity index (χ4v) is 3.62. The zero-order valence-electron chi connectivity index (χ0n) is 13.4. The van der Waals surface area contributed by atoms with Gasteiger partial charge in [-0.25, -0.2) is 0 Å². The third kappa shape index (κ3) is 8.72. The predicted molar refractivity (Wildman–Crippen MR) is 94.2 cm³/mol. The van der Waals surface area contributed by atoms with Crippen molar-refractivity contribution in [1.29, 1.82) is 0 Å². The number of unbranched alkanes of at least 4 members (excludes halogenated alkanes) is 6. The summed E-state index contributed by atoms with van der Waals surface area (Å²) in [6.45, 7) is 7.13. The molecule has 0 radical (unpaired) electrons. The van der Waals surface area contributed by atoms with Gasteiger partial charge >= 0.3 is 0 Å². The maximum Gasteiger partial charge on any atom is 0.00215 e. The lowest BCUT2D eigenvalue weighted by Crippen LogP contribution is -2.20. The maximum absolute atomic E-state index is 2.68. The number of hydrogen-bond donors (Lipinski definition) is 0. The lowest BCUT2D eigenvalue weighted by atomic mass is 10.2. The Bertz CT molecular complexity index is 300. The van der Waals surface area contributed by atoms with Crippen LogP contribution in [0.2, 0.25) is 0 Å². The normalized spacial score (nSPS) is 11.8.